The van der Waals surface area contributed by atoms with Crippen molar-refractivity contribution < 1.29 is 4.74 Å². The van der Waals surface area contributed by atoms with Crippen LogP contribution < -0.4 is 15.0 Å². The SMILES string of the molecule is CCNC(COc1cccc(N(C)C)c1)C1CCCCC1. The number of hydrogen-bond donors (Lipinski definition) is 1. The lowest BCUT2D eigenvalue weighted by Crippen LogP contribution is -2.41. The summed E-state index contributed by atoms with van der Waals surface area (Å²) in [5.41, 5.74) is 1.19. The van der Waals surface area contributed by atoms with Crippen molar-refractivity contribution in [2.75, 3.05) is 32.1 Å². The van der Waals surface area contributed by atoms with Gasteiger partial charge in [0.2, 0.25) is 0 Å². The van der Waals surface area contributed by atoms with Crippen molar-refractivity contribution in [3.8, 4) is 5.75 Å². The number of nitrogens with one attached hydrogen (secondary N) is 1. The minimum absolute atomic E-state index is 0.485. The van der Waals surface area contributed by atoms with Gasteiger partial charge < -0.3 is 15.0 Å². The second-order valence-electron chi connectivity index (χ2n) is 6.27. The summed E-state index contributed by atoms with van der Waals surface area (Å²) in [5.74, 6) is 1.75. The normalized spacial score (nSPS) is 17.5. The number of likely N-dealkylation sites (N-methyl/N-ethyl adjacent to an activating group) is 1. The number of rotatable bonds is 7. The topological polar surface area (TPSA) is 24.5 Å². The Labute approximate surface area is 129 Å². The molecule has 0 aromatic heterocycles. The molecule has 2 rings (SSSR count). The second-order valence-corrected chi connectivity index (χ2v) is 6.27. The van der Waals surface area contributed by atoms with Gasteiger partial charge in [-0.25, -0.2) is 0 Å². The first kappa shape index (κ1) is 16.2. The number of nitrogens with zero attached hydrogens (tertiary/aromatic N) is 1. The summed E-state index contributed by atoms with van der Waals surface area (Å²) in [5, 5.41) is 3.62. The molecule has 1 aromatic rings. The molecule has 1 N–H and O–H groups in total. The molecule has 1 saturated carbocycles. The van der Waals surface area contributed by atoms with Gasteiger partial charge in [-0.2, -0.15) is 0 Å². The van der Waals surface area contributed by atoms with Gasteiger partial charge in [-0.1, -0.05) is 32.3 Å². The third-order valence-corrected chi connectivity index (χ3v) is 4.45. The Morgan fingerprint density at radius 2 is 2.00 bits per heavy atom. The van der Waals surface area contributed by atoms with E-state index in [-0.39, 0.29) is 0 Å². The lowest BCUT2D eigenvalue weighted by Gasteiger charge is -2.30. The van der Waals surface area contributed by atoms with Gasteiger partial charge in [0.15, 0.2) is 0 Å². The first-order chi connectivity index (χ1) is 10.2. The van der Waals surface area contributed by atoms with Crippen LogP contribution in [0.1, 0.15) is 39.0 Å². The minimum Gasteiger partial charge on any atom is -0.492 e. The van der Waals surface area contributed by atoms with Crippen LogP contribution in [-0.2, 0) is 0 Å². The van der Waals surface area contributed by atoms with Crippen molar-refractivity contribution in [2.45, 2.75) is 45.1 Å². The Hall–Kier alpha value is -1.22. The fraction of sp³-hybridized carbons (Fsp3) is 0.667. The molecule has 1 atom stereocenters. The van der Waals surface area contributed by atoms with E-state index in [1.807, 2.05) is 0 Å². The maximum Gasteiger partial charge on any atom is 0.121 e. The second kappa shape index (κ2) is 8.28. The lowest BCUT2D eigenvalue weighted by atomic mass is 9.84. The third-order valence-electron chi connectivity index (χ3n) is 4.45. The van der Waals surface area contributed by atoms with E-state index in [2.05, 4.69) is 55.5 Å². The predicted molar refractivity (Wildman–Crippen MR) is 90.3 cm³/mol. The molecule has 1 fully saturated rings. The molecule has 1 aliphatic carbocycles. The molecule has 3 heteroatoms. The van der Waals surface area contributed by atoms with E-state index in [1.165, 1.54) is 37.8 Å². The number of benzene rings is 1. The van der Waals surface area contributed by atoms with E-state index < -0.39 is 0 Å². The molecule has 0 saturated heterocycles. The molecule has 0 spiro atoms. The zero-order valence-electron chi connectivity index (χ0n) is 13.8. The molecule has 1 aromatic carbocycles. The fourth-order valence-corrected chi connectivity index (χ4v) is 3.20. The van der Waals surface area contributed by atoms with Gasteiger partial charge in [0.05, 0.1) is 0 Å². The standard InChI is InChI=1S/C18H30N2O/c1-4-19-18(15-9-6-5-7-10-15)14-21-17-12-8-11-16(13-17)20(2)3/h8,11-13,15,18-19H,4-7,9-10,14H2,1-3H3. The van der Waals surface area contributed by atoms with Crippen LogP contribution in [0.15, 0.2) is 24.3 Å². The zero-order chi connectivity index (χ0) is 15.1. The highest BCUT2D eigenvalue weighted by Gasteiger charge is 2.23. The van der Waals surface area contributed by atoms with Crippen LogP contribution in [0.4, 0.5) is 5.69 Å². The van der Waals surface area contributed by atoms with Crippen LogP contribution in [-0.4, -0.2) is 33.3 Å². The highest BCUT2D eigenvalue weighted by Crippen LogP contribution is 2.27. The smallest absolute Gasteiger partial charge is 0.121 e. The van der Waals surface area contributed by atoms with Crippen LogP contribution in [0.2, 0.25) is 0 Å². The van der Waals surface area contributed by atoms with Crippen LogP contribution in [0.5, 0.6) is 5.75 Å². The third kappa shape index (κ3) is 4.92. The summed E-state index contributed by atoms with van der Waals surface area (Å²) in [6, 6.07) is 8.82. The minimum atomic E-state index is 0.485. The molecular formula is C18H30N2O. The van der Waals surface area contributed by atoms with Crippen molar-refractivity contribution in [3.63, 3.8) is 0 Å². The van der Waals surface area contributed by atoms with E-state index in [9.17, 15) is 0 Å². The Bertz CT molecular complexity index is 413. The molecule has 0 amide bonds. The monoisotopic (exact) mass is 290 g/mol. The number of ether oxygens (including phenoxy) is 1. The van der Waals surface area contributed by atoms with Gasteiger partial charge in [0, 0.05) is 31.9 Å². The highest BCUT2D eigenvalue weighted by molar-refractivity contribution is 5.49. The molecule has 1 aliphatic rings. The quantitative estimate of drug-likeness (QED) is 0.829. The van der Waals surface area contributed by atoms with Crippen molar-refractivity contribution in [3.05, 3.63) is 24.3 Å². The van der Waals surface area contributed by atoms with Gasteiger partial charge in [-0.3, -0.25) is 0 Å². The zero-order valence-corrected chi connectivity index (χ0v) is 13.8. The number of anilines is 1. The Morgan fingerprint density at radius 3 is 2.67 bits per heavy atom. The Morgan fingerprint density at radius 1 is 1.24 bits per heavy atom. The number of hydrogen-bond acceptors (Lipinski definition) is 3. The van der Waals surface area contributed by atoms with Crippen LogP contribution in [0.25, 0.3) is 0 Å². The van der Waals surface area contributed by atoms with Crippen LogP contribution in [0.3, 0.4) is 0 Å². The van der Waals surface area contributed by atoms with Crippen molar-refractivity contribution >= 4 is 5.69 Å². The molecule has 3 nitrogen and oxygen atoms in total. The van der Waals surface area contributed by atoms with E-state index in [0.717, 1.165) is 24.8 Å². The average molecular weight is 290 g/mol. The maximum absolute atomic E-state index is 6.08. The Balaban J connectivity index is 1.92. The summed E-state index contributed by atoms with van der Waals surface area (Å²) < 4.78 is 6.08. The molecule has 21 heavy (non-hydrogen) atoms. The molecule has 0 aliphatic heterocycles. The molecular weight excluding hydrogens is 260 g/mol. The molecule has 118 valence electrons. The summed E-state index contributed by atoms with van der Waals surface area (Å²) in [6.07, 6.45) is 6.85. The van der Waals surface area contributed by atoms with Gasteiger partial charge in [-0.05, 0) is 37.4 Å². The molecule has 0 bridgehead atoms. The summed E-state index contributed by atoms with van der Waals surface area (Å²) >= 11 is 0. The van der Waals surface area contributed by atoms with Crippen molar-refractivity contribution in [1.29, 1.82) is 0 Å². The van der Waals surface area contributed by atoms with E-state index >= 15 is 0 Å². The average Bonchev–Trinajstić information content (AvgIpc) is 2.52. The van der Waals surface area contributed by atoms with Crippen LogP contribution >= 0.6 is 0 Å². The van der Waals surface area contributed by atoms with E-state index in [1.54, 1.807) is 0 Å². The Kier molecular flexibility index (Phi) is 6.37. The van der Waals surface area contributed by atoms with E-state index in [0.29, 0.717) is 6.04 Å². The summed E-state index contributed by atoms with van der Waals surface area (Å²) in [4.78, 5) is 2.11. The first-order valence-electron chi connectivity index (χ1n) is 8.34. The van der Waals surface area contributed by atoms with Gasteiger partial charge in [0.25, 0.3) is 0 Å². The molecule has 1 unspecified atom stereocenters. The van der Waals surface area contributed by atoms with E-state index in [4.69, 9.17) is 4.74 Å². The molecule has 0 heterocycles. The first-order valence-corrected chi connectivity index (χ1v) is 8.34. The predicted octanol–water partition coefficient (Wildman–Crippen LogP) is 3.69. The van der Waals surface area contributed by atoms with Gasteiger partial charge >= 0.3 is 0 Å². The van der Waals surface area contributed by atoms with Crippen molar-refractivity contribution in [2.24, 2.45) is 5.92 Å². The maximum atomic E-state index is 6.08. The lowest BCUT2D eigenvalue weighted by molar-refractivity contribution is 0.187. The van der Waals surface area contributed by atoms with Crippen molar-refractivity contribution in [1.82, 2.24) is 5.32 Å². The highest BCUT2D eigenvalue weighted by atomic mass is 16.5. The summed E-state index contributed by atoms with van der Waals surface area (Å²) in [7, 11) is 4.12. The molecule has 0 radical (unpaired) electrons. The fourth-order valence-electron chi connectivity index (χ4n) is 3.20. The summed E-state index contributed by atoms with van der Waals surface area (Å²) in [6.45, 7) is 3.97. The van der Waals surface area contributed by atoms with Gasteiger partial charge in [-0.15, -0.1) is 0 Å². The largest absolute Gasteiger partial charge is 0.492 e. The van der Waals surface area contributed by atoms with Gasteiger partial charge in [0.1, 0.15) is 12.4 Å². The van der Waals surface area contributed by atoms with Crippen LogP contribution in [0, 0.1) is 5.92 Å².